The topological polar surface area (TPSA) is 12.0 Å². The average Bonchev–Trinajstić information content (AvgIpc) is 2.42. The van der Waals surface area contributed by atoms with Gasteiger partial charge in [-0.1, -0.05) is 63.9 Å². The first kappa shape index (κ1) is 14.6. The average molecular weight is 259 g/mol. The van der Waals surface area contributed by atoms with Crippen molar-refractivity contribution >= 4 is 0 Å². The van der Waals surface area contributed by atoms with Crippen LogP contribution < -0.4 is 5.32 Å². The van der Waals surface area contributed by atoms with Gasteiger partial charge in [-0.25, -0.2) is 0 Å². The summed E-state index contributed by atoms with van der Waals surface area (Å²) in [6.45, 7) is 8.29. The Kier molecular flexibility index (Phi) is 5.04. The summed E-state index contributed by atoms with van der Waals surface area (Å²) in [5.41, 5.74) is 1.93. The second kappa shape index (κ2) is 6.56. The maximum absolute atomic E-state index is 3.81. The Hall–Kier alpha value is -0.820. The van der Waals surface area contributed by atoms with Gasteiger partial charge in [0.1, 0.15) is 0 Å². The number of rotatable bonds is 5. The molecule has 1 fully saturated rings. The van der Waals surface area contributed by atoms with Crippen molar-refractivity contribution < 1.29 is 0 Å². The smallest absolute Gasteiger partial charge is 0.0353 e. The predicted molar refractivity (Wildman–Crippen MR) is 83.2 cm³/mol. The SMILES string of the molecule is CCCNC(c1ccccc1)C1CCCCC1(C)C. The first-order valence-electron chi connectivity index (χ1n) is 7.93. The molecule has 1 aliphatic rings. The van der Waals surface area contributed by atoms with E-state index < -0.39 is 0 Å². The summed E-state index contributed by atoms with van der Waals surface area (Å²) < 4.78 is 0. The molecule has 2 atom stereocenters. The molecule has 1 nitrogen and oxygen atoms in total. The molecule has 0 heterocycles. The lowest BCUT2D eigenvalue weighted by Crippen LogP contribution is -2.39. The fraction of sp³-hybridized carbons (Fsp3) is 0.667. The maximum Gasteiger partial charge on any atom is 0.0353 e. The molecule has 0 saturated heterocycles. The van der Waals surface area contributed by atoms with E-state index in [1.54, 1.807) is 0 Å². The molecule has 0 aromatic heterocycles. The Balaban J connectivity index is 2.21. The van der Waals surface area contributed by atoms with Crippen molar-refractivity contribution in [3.63, 3.8) is 0 Å². The molecule has 1 N–H and O–H groups in total. The van der Waals surface area contributed by atoms with Gasteiger partial charge in [-0.3, -0.25) is 0 Å². The Morgan fingerprint density at radius 2 is 1.95 bits per heavy atom. The second-order valence-electron chi connectivity index (χ2n) is 6.68. The van der Waals surface area contributed by atoms with Crippen molar-refractivity contribution in [1.29, 1.82) is 0 Å². The summed E-state index contributed by atoms with van der Waals surface area (Å²) in [6, 6.07) is 11.6. The van der Waals surface area contributed by atoms with Gasteiger partial charge in [0.15, 0.2) is 0 Å². The molecule has 0 radical (unpaired) electrons. The molecular weight excluding hydrogens is 230 g/mol. The summed E-state index contributed by atoms with van der Waals surface area (Å²) in [6.07, 6.45) is 6.73. The zero-order chi connectivity index (χ0) is 13.7. The zero-order valence-electron chi connectivity index (χ0n) is 12.8. The summed E-state index contributed by atoms with van der Waals surface area (Å²) in [5.74, 6) is 0.759. The summed E-state index contributed by atoms with van der Waals surface area (Å²) in [4.78, 5) is 0. The van der Waals surface area contributed by atoms with E-state index >= 15 is 0 Å². The minimum absolute atomic E-state index is 0.458. The normalized spacial score (nSPS) is 24.1. The van der Waals surface area contributed by atoms with Crippen molar-refractivity contribution in [2.45, 2.75) is 58.9 Å². The van der Waals surface area contributed by atoms with Gasteiger partial charge in [0.05, 0.1) is 0 Å². The molecule has 1 aliphatic carbocycles. The Bertz CT molecular complexity index is 369. The minimum atomic E-state index is 0.458. The van der Waals surface area contributed by atoms with Gasteiger partial charge in [0.2, 0.25) is 0 Å². The molecule has 106 valence electrons. The highest BCUT2D eigenvalue weighted by Crippen LogP contribution is 2.46. The monoisotopic (exact) mass is 259 g/mol. The van der Waals surface area contributed by atoms with Crippen LogP contribution in [0.3, 0.4) is 0 Å². The van der Waals surface area contributed by atoms with Crippen LogP contribution in [-0.4, -0.2) is 6.54 Å². The molecule has 1 heteroatoms. The summed E-state index contributed by atoms with van der Waals surface area (Å²) in [7, 11) is 0. The molecule has 0 amide bonds. The van der Waals surface area contributed by atoms with Crippen LogP contribution in [0.5, 0.6) is 0 Å². The van der Waals surface area contributed by atoms with E-state index in [0.717, 1.165) is 12.5 Å². The third-order valence-electron chi connectivity index (χ3n) is 4.77. The van der Waals surface area contributed by atoms with Gasteiger partial charge >= 0.3 is 0 Å². The number of benzene rings is 1. The van der Waals surface area contributed by atoms with Gasteiger partial charge in [-0.15, -0.1) is 0 Å². The standard InChI is InChI=1S/C18H29N/c1-4-14-19-17(15-10-6-5-7-11-15)16-12-8-9-13-18(16,2)3/h5-7,10-11,16-17,19H,4,8-9,12-14H2,1-3H3. The zero-order valence-corrected chi connectivity index (χ0v) is 12.8. The number of hydrogen-bond acceptors (Lipinski definition) is 1. The van der Waals surface area contributed by atoms with Gasteiger partial charge < -0.3 is 5.32 Å². The molecule has 0 spiro atoms. The van der Waals surface area contributed by atoms with Crippen LogP contribution in [0, 0.1) is 11.3 Å². The van der Waals surface area contributed by atoms with Crippen molar-refractivity contribution in [3.05, 3.63) is 35.9 Å². The van der Waals surface area contributed by atoms with E-state index in [-0.39, 0.29) is 0 Å². The molecule has 1 saturated carbocycles. The van der Waals surface area contributed by atoms with Gasteiger partial charge in [-0.05, 0) is 42.7 Å². The molecule has 19 heavy (non-hydrogen) atoms. The lowest BCUT2D eigenvalue weighted by molar-refractivity contribution is 0.0982. The number of hydrogen-bond donors (Lipinski definition) is 1. The first-order valence-corrected chi connectivity index (χ1v) is 7.93. The first-order chi connectivity index (χ1) is 9.15. The third kappa shape index (κ3) is 3.60. The fourth-order valence-electron chi connectivity index (χ4n) is 3.59. The largest absolute Gasteiger partial charge is 0.310 e. The summed E-state index contributed by atoms with van der Waals surface area (Å²) in [5, 5.41) is 3.81. The van der Waals surface area contributed by atoms with E-state index in [2.05, 4.69) is 56.4 Å². The lowest BCUT2D eigenvalue weighted by atomic mass is 9.65. The van der Waals surface area contributed by atoms with Gasteiger partial charge in [-0.2, -0.15) is 0 Å². The Morgan fingerprint density at radius 3 is 2.58 bits per heavy atom. The van der Waals surface area contributed by atoms with Crippen LogP contribution in [0.2, 0.25) is 0 Å². The van der Waals surface area contributed by atoms with Crippen LogP contribution in [0.1, 0.15) is 64.5 Å². The van der Waals surface area contributed by atoms with Crippen LogP contribution in [0.4, 0.5) is 0 Å². The highest BCUT2D eigenvalue weighted by molar-refractivity contribution is 5.20. The van der Waals surface area contributed by atoms with E-state index in [9.17, 15) is 0 Å². The predicted octanol–water partition coefficient (Wildman–Crippen LogP) is 4.94. The van der Waals surface area contributed by atoms with Crippen LogP contribution in [-0.2, 0) is 0 Å². The fourth-order valence-corrected chi connectivity index (χ4v) is 3.59. The highest BCUT2D eigenvalue weighted by atomic mass is 14.9. The lowest BCUT2D eigenvalue weighted by Gasteiger charge is -2.44. The van der Waals surface area contributed by atoms with E-state index in [0.29, 0.717) is 11.5 Å². The number of nitrogens with one attached hydrogen (secondary N) is 1. The Morgan fingerprint density at radius 1 is 1.21 bits per heavy atom. The van der Waals surface area contributed by atoms with Crippen molar-refractivity contribution in [1.82, 2.24) is 5.32 Å². The minimum Gasteiger partial charge on any atom is -0.310 e. The van der Waals surface area contributed by atoms with Crippen molar-refractivity contribution in [2.24, 2.45) is 11.3 Å². The van der Waals surface area contributed by atoms with Crippen molar-refractivity contribution in [3.8, 4) is 0 Å². The molecule has 0 aliphatic heterocycles. The van der Waals surface area contributed by atoms with Crippen LogP contribution in [0.15, 0.2) is 30.3 Å². The second-order valence-corrected chi connectivity index (χ2v) is 6.68. The molecule has 0 bridgehead atoms. The van der Waals surface area contributed by atoms with Crippen molar-refractivity contribution in [2.75, 3.05) is 6.54 Å². The molecule has 2 unspecified atom stereocenters. The Labute approximate surface area is 118 Å². The van der Waals surface area contributed by atoms with Crippen LogP contribution in [0.25, 0.3) is 0 Å². The van der Waals surface area contributed by atoms with Crippen LogP contribution >= 0.6 is 0 Å². The molecule has 1 aromatic rings. The molecule has 2 rings (SSSR count). The third-order valence-corrected chi connectivity index (χ3v) is 4.77. The van der Waals surface area contributed by atoms with E-state index in [1.165, 1.54) is 37.7 Å². The summed E-state index contributed by atoms with van der Waals surface area (Å²) >= 11 is 0. The molecular formula is C18H29N. The quantitative estimate of drug-likeness (QED) is 0.789. The van der Waals surface area contributed by atoms with E-state index in [4.69, 9.17) is 0 Å². The van der Waals surface area contributed by atoms with Gasteiger partial charge in [0.25, 0.3) is 0 Å². The van der Waals surface area contributed by atoms with E-state index in [1.807, 2.05) is 0 Å². The van der Waals surface area contributed by atoms with Gasteiger partial charge in [0, 0.05) is 6.04 Å². The molecule has 1 aromatic carbocycles. The maximum atomic E-state index is 3.81. The highest BCUT2D eigenvalue weighted by Gasteiger charge is 2.37.